The highest BCUT2D eigenvalue weighted by Gasteiger charge is 2.32. The molecule has 1 aliphatic carbocycles. The number of fused-ring (bicyclic) bond motifs is 3. The van der Waals surface area contributed by atoms with Gasteiger partial charge in [0.2, 0.25) is 0 Å². The summed E-state index contributed by atoms with van der Waals surface area (Å²) in [4.78, 5) is 14.0. The van der Waals surface area contributed by atoms with E-state index in [1.165, 1.54) is 12.1 Å². The number of carboxylic acid groups (broad SMARTS) is 1. The molecule has 18 heavy (non-hydrogen) atoms. The third kappa shape index (κ3) is 1.59. The standard InChI is InChI=1S/C13H12FNO3/c14-7-1-2-8-9(5-7)15-10-3-6(13(17)18)4-11(16)12(8)10/h1-2,5-6,11,15-16H,3-4H2,(H,17,18). The van der Waals surface area contributed by atoms with E-state index < -0.39 is 18.0 Å². The lowest BCUT2D eigenvalue weighted by molar-refractivity contribution is -0.143. The molecule has 3 N–H and O–H groups in total. The largest absolute Gasteiger partial charge is 0.481 e. The first-order valence-electron chi connectivity index (χ1n) is 5.77. The molecule has 0 fully saturated rings. The van der Waals surface area contributed by atoms with Crippen LogP contribution in [0.25, 0.3) is 10.9 Å². The Balaban J connectivity index is 2.15. The molecular formula is C13H12FNO3. The zero-order valence-corrected chi connectivity index (χ0v) is 9.48. The Morgan fingerprint density at radius 1 is 1.44 bits per heavy atom. The summed E-state index contributed by atoms with van der Waals surface area (Å²) in [5, 5.41) is 19.8. The number of carbonyl (C=O) groups is 1. The van der Waals surface area contributed by atoms with E-state index >= 15 is 0 Å². The van der Waals surface area contributed by atoms with Crippen LogP contribution in [-0.4, -0.2) is 21.2 Å². The number of benzene rings is 1. The van der Waals surface area contributed by atoms with Crippen molar-refractivity contribution < 1.29 is 19.4 Å². The summed E-state index contributed by atoms with van der Waals surface area (Å²) in [5.41, 5.74) is 2.01. The van der Waals surface area contributed by atoms with E-state index in [0.29, 0.717) is 23.2 Å². The van der Waals surface area contributed by atoms with Crippen molar-refractivity contribution in [1.82, 2.24) is 4.98 Å². The van der Waals surface area contributed by atoms with Crippen LogP contribution in [0.15, 0.2) is 18.2 Å². The third-order valence-corrected chi connectivity index (χ3v) is 3.52. The molecule has 0 amide bonds. The maximum atomic E-state index is 13.1. The smallest absolute Gasteiger partial charge is 0.306 e. The summed E-state index contributed by atoms with van der Waals surface area (Å²) in [6, 6.07) is 4.31. The minimum atomic E-state index is -0.912. The predicted octanol–water partition coefficient (Wildman–Crippen LogP) is 1.99. The minimum Gasteiger partial charge on any atom is -0.481 e. The minimum absolute atomic E-state index is 0.201. The number of aliphatic hydroxyl groups is 1. The zero-order chi connectivity index (χ0) is 12.9. The number of halogens is 1. The first-order valence-corrected chi connectivity index (χ1v) is 5.77. The van der Waals surface area contributed by atoms with Crippen molar-refractivity contribution in [3.63, 3.8) is 0 Å². The van der Waals surface area contributed by atoms with Crippen LogP contribution >= 0.6 is 0 Å². The molecule has 1 aromatic heterocycles. The Morgan fingerprint density at radius 3 is 2.94 bits per heavy atom. The Kier molecular flexibility index (Phi) is 2.38. The Labute approximate surface area is 102 Å². The third-order valence-electron chi connectivity index (χ3n) is 3.52. The predicted molar refractivity (Wildman–Crippen MR) is 62.7 cm³/mol. The number of aliphatic carboxylic acids is 1. The molecule has 1 aromatic carbocycles. The molecule has 0 saturated heterocycles. The second-order valence-corrected chi connectivity index (χ2v) is 4.70. The molecule has 1 aliphatic rings. The van der Waals surface area contributed by atoms with Gasteiger partial charge in [0, 0.05) is 28.6 Å². The van der Waals surface area contributed by atoms with Gasteiger partial charge in [-0.25, -0.2) is 4.39 Å². The summed E-state index contributed by atoms with van der Waals surface area (Å²) in [6.45, 7) is 0. The van der Waals surface area contributed by atoms with Crippen LogP contribution < -0.4 is 0 Å². The van der Waals surface area contributed by atoms with E-state index in [0.717, 1.165) is 5.39 Å². The van der Waals surface area contributed by atoms with Gasteiger partial charge in [-0.1, -0.05) is 0 Å². The van der Waals surface area contributed by atoms with Crippen LogP contribution in [0.3, 0.4) is 0 Å². The lowest BCUT2D eigenvalue weighted by Gasteiger charge is -2.23. The Bertz CT molecular complexity index is 634. The van der Waals surface area contributed by atoms with Gasteiger partial charge in [-0.2, -0.15) is 0 Å². The molecule has 0 radical (unpaired) electrons. The van der Waals surface area contributed by atoms with Crippen molar-refractivity contribution >= 4 is 16.9 Å². The Morgan fingerprint density at radius 2 is 2.22 bits per heavy atom. The van der Waals surface area contributed by atoms with Gasteiger partial charge in [0.1, 0.15) is 5.82 Å². The summed E-state index contributed by atoms with van der Waals surface area (Å²) < 4.78 is 13.1. The summed E-state index contributed by atoms with van der Waals surface area (Å²) in [6.07, 6.45) is -0.265. The highest BCUT2D eigenvalue weighted by atomic mass is 19.1. The van der Waals surface area contributed by atoms with Crippen molar-refractivity contribution in [2.45, 2.75) is 18.9 Å². The van der Waals surface area contributed by atoms with Crippen LogP contribution in [0, 0.1) is 11.7 Å². The number of hydrogen-bond donors (Lipinski definition) is 3. The fourth-order valence-corrected chi connectivity index (χ4v) is 2.69. The van der Waals surface area contributed by atoms with Gasteiger partial charge in [-0.3, -0.25) is 4.79 Å². The number of aromatic nitrogens is 1. The molecule has 1 heterocycles. The SMILES string of the molecule is O=C(O)C1Cc2[nH]c3cc(F)ccc3c2C(O)C1. The van der Waals surface area contributed by atoms with Crippen LogP contribution in [0.5, 0.6) is 0 Å². The van der Waals surface area contributed by atoms with Crippen molar-refractivity contribution in [3.05, 3.63) is 35.3 Å². The number of hydrogen-bond acceptors (Lipinski definition) is 2. The van der Waals surface area contributed by atoms with Gasteiger partial charge in [-0.05, 0) is 24.6 Å². The quantitative estimate of drug-likeness (QED) is 0.723. The van der Waals surface area contributed by atoms with Gasteiger partial charge < -0.3 is 15.2 Å². The van der Waals surface area contributed by atoms with Crippen LogP contribution in [-0.2, 0) is 11.2 Å². The van der Waals surface area contributed by atoms with Crippen molar-refractivity contribution in [2.75, 3.05) is 0 Å². The first kappa shape index (κ1) is 11.2. The molecule has 2 unspecified atom stereocenters. The fourth-order valence-electron chi connectivity index (χ4n) is 2.69. The molecular weight excluding hydrogens is 237 g/mol. The van der Waals surface area contributed by atoms with Gasteiger partial charge >= 0.3 is 5.97 Å². The molecule has 0 saturated carbocycles. The zero-order valence-electron chi connectivity index (χ0n) is 9.48. The second-order valence-electron chi connectivity index (χ2n) is 4.70. The van der Waals surface area contributed by atoms with E-state index in [9.17, 15) is 14.3 Å². The van der Waals surface area contributed by atoms with Crippen LogP contribution in [0.1, 0.15) is 23.8 Å². The fraction of sp³-hybridized carbons (Fsp3) is 0.308. The van der Waals surface area contributed by atoms with Crippen molar-refractivity contribution in [2.24, 2.45) is 5.92 Å². The van der Waals surface area contributed by atoms with Crippen molar-refractivity contribution in [3.8, 4) is 0 Å². The van der Waals surface area contributed by atoms with E-state index in [1.54, 1.807) is 6.07 Å². The Hall–Kier alpha value is -1.88. The maximum Gasteiger partial charge on any atom is 0.306 e. The van der Waals surface area contributed by atoms with Gasteiger partial charge in [0.05, 0.1) is 12.0 Å². The van der Waals surface area contributed by atoms with Gasteiger partial charge in [-0.15, -0.1) is 0 Å². The molecule has 5 heteroatoms. The first-order chi connectivity index (χ1) is 8.56. The number of aliphatic hydroxyl groups excluding tert-OH is 1. The molecule has 0 bridgehead atoms. The van der Waals surface area contributed by atoms with Crippen molar-refractivity contribution in [1.29, 1.82) is 0 Å². The number of aromatic amines is 1. The molecule has 2 aromatic rings. The maximum absolute atomic E-state index is 13.1. The topological polar surface area (TPSA) is 73.3 Å². The van der Waals surface area contributed by atoms with Crippen LogP contribution in [0.4, 0.5) is 4.39 Å². The summed E-state index contributed by atoms with van der Waals surface area (Å²) in [7, 11) is 0. The number of carboxylic acids is 1. The number of nitrogens with one attached hydrogen (secondary N) is 1. The number of H-pyrrole nitrogens is 1. The average Bonchev–Trinajstić information content (AvgIpc) is 2.66. The molecule has 0 spiro atoms. The average molecular weight is 249 g/mol. The molecule has 2 atom stereocenters. The van der Waals surface area contributed by atoms with Gasteiger partial charge in [0.15, 0.2) is 0 Å². The summed E-state index contributed by atoms with van der Waals surface area (Å²) >= 11 is 0. The summed E-state index contributed by atoms with van der Waals surface area (Å²) in [5.74, 6) is -1.86. The monoisotopic (exact) mass is 249 g/mol. The van der Waals surface area contributed by atoms with E-state index in [2.05, 4.69) is 4.98 Å². The normalized spacial score (nSPS) is 23.0. The van der Waals surface area contributed by atoms with Gasteiger partial charge in [0.25, 0.3) is 0 Å². The molecule has 0 aliphatic heterocycles. The van der Waals surface area contributed by atoms with Crippen LogP contribution in [0.2, 0.25) is 0 Å². The lowest BCUT2D eigenvalue weighted by atomic mass is 9.85. The van der Waals surface area contributed by atoms with E-state index in [-0.39, 0.29) is 12.2 Å². The second kappa shape index (κ2) is 3.81. The molecule has 94 valence electrons. The molecule has 4 nitrogen and oxygen atoms in total. The number of rotatable bonds is 1. The highest BCUT2D eigenvalue weighted by molar-refractivity contribution is 5.86. The lowest BCUT2D eigenvalue weighted by Crippen LogP contribution is -2.24. The van der Waals surface area contributed by atoms with E-state index in [4.69, 9.17) is 5.11 Å². The molecule has 3 rings (SSSR count). The highest BCUT2D eigenvalue weighted by Crippen LogP contribution is 2.38. The van der Waals surface area contributed by atoms with E-state index in [1.807, 2.05) is 0 Å².